The second-order valence-electron chi connectivity index (χ2n) is 5.99. The van der Waals surface area contributed by atoms with Gasteiger partial charge in [-0.3, -0.25) is 9.69 Å². The molecule has 5 nitrogen and oxygen atoms in total. The van der Waals surface area contributed by atoms with Crippen LogP contribution in [-0.2, 0) is 17.5 Å². The Morgan fingerprint density at radius 2 is 1.78 bits per heavy atom. The highest BCUT2D eigenvalue weighted by molar-refractivity contribution is 5.92. The lowest BCUT2D eigenvalue weighted by molar-refractivity contribution is -0.137. The summed E-state index contributed by atoms with van der Waals surface area (Å²) in [5, 5.41) is 2.49. The van der Waals surface area contributed by atoms with E-state index in [2.05, 4.69) is 5.32 Å². The summed E-state index contributed by atoms with van der Waals surface area (Å²) in [6, 6.07) is 9.96. The Morgan fingerprint density at radius 1 is 1.07 bits per heavy atom. The molecule has 2 aromatic rings. The molecule has 146 valence electrons. The van der Waals surface area contributed by atoms with Crippen LogP contribution in [0.5, 0.6) is 11.5 Å². The number of rotatable bonds is 7. The minimum absolute atomic E-state index is 0.0184. The number of alkyl halides is 3. The fourth-order valence-electron chi connectivity index (χ4n) is 2.57. The number of benzene rings is 2. The molecule has 0 bridgehead atoms. The lowest BCUT2D eigenvalue weighted by Gasteiger charge is -2.18. The van der Waals surface area contributed by atoms with E-state index in [1.165, 1.54) is 19.2 Å². The molecule has 1 N–H and O–H groups in total. The Labute approximate surface area is 155 Å². The van der Waals surface area contributed by atoms with E-state index in [0.717, 1.165) is 17.7 Å². The second kappa shape index (κ2) is 8.77. The molecule has 0 aromatic heterocycles. The van der Waals surface area contributed by atoms with Crippen molar-refractivity contribution in [3.05, 3.63) is 53.6 Å². The summed E-state index contributed by atoms with van der Waals surface area (Å²) in [4.78, 5) is 13.9. The maximum Gasteiger partial charge on any atom is 0.416 e. The zero-order valence-electron chi connectivity index (χ0n) is 15.3. The number of nitrogens with zero attached hydrogens (tertiary/aromatic N) is 1. The minimum atomic E-state index is -4.45. The van der Waals surface area contributed by atoms with E-state index in [4.69, 9.17) is 9.47 Å². The van der Waals surface area contributed by atoms with E-state index in [0.29, 0.717) is 18.0 Å². The first-order valence-corrected chi connectivity index (χ1v) is 8.09. The maximum atomic E-state index is 12.7. The van der Waals surface area contributed by atoms with Crippen LogP contribution >= 0.6 is 0 Å². The monoisotopic (exact) mass is 382 g/mol. The van der Waals surface area contributed by atoms with Crippen molar-refractivity contribution < 1.29 is 27.4 Å². The average Bonchev–Trinajstić information content (AvgIpc) is 2.60. The summed E-state index contributed by atoms with van der Waals surface area (Å²) in [5.74, 6) is 0.778. The van der Waals surface area contributed by atoms with Gasteiger partial charge in [-0.05, 0) is 42.9 Å². The van der Waals surface area contributed by atoms with Crippen LogP contribution in [0.4, 0.5) is 18.9 Å². The molecule has 0 unspecified atom stereocenters. The third kappa shape index (κ3) is 5.89. The number of carbonyl (C=O) groups is 1. The summed E-state index contributed by atoms with van der Waals surface area (Å²) in [5.41, 5.74) is 0.204. The molecule has 0 aliphatic rings. The average molecular weight is 382 g/mol. The Morgan fingerprint density at radius 3 is 2.41 bits per heavy atom. The van der Waals surface area contributed by atoms with Crippen LogP contribution in [0.3, 0.4) is 0 Å². The summed E-state index contributed by atoms with van der Waals surface area (Å²) < 4.78 is 48.6. The predicted octanol–water partition coefficient (Wildman–Crippen LogP) is 3.79. The number of ether oxygens (including phenoxy) is 2. The van der Waals surface area contributed by atoms with Crippen LogP contribution in [0.1, 0.15) is 11.1 Å². The van der Waals surface area contributed by atoms with Crippen LogP contribution in [0.15, 0.2) is 42.5 Å². The summed E-state index contributed by atoms with van der Waals surface area (Å²) in [6.07, 6.45) is -4.45. The quantitative estimate of drug-likeness (QED) is 0.792. The Hall–Kier alpha value is -2.74. The first-order chi connectivity index (χ1) is 12.7. The number of carbonyl (C=O) groups excluding carboxylic acids is 1. The van der Waals surface area contributed by atoms with Gasteiger partial charge in [0.25, 0.3) is 0 Å². The van der Waals surface area contributed by atoms with Gasteiger partial charge in [-0.25, -0.2) is 0 Å². The molecule has 0 saturated carbocycles. The summed E-state index contributed by atoms with van der Waals surface area (Å²) in [6.45, 7) is 0.473. The molecule has 0 saturated heterocycles. The molecule has 0 spiro atoms. The van der Waals surface area contributed by atoms with Crippen molar-refractivity contribution >= 4 is 11.6 Å². The van der Waals surface area contributed by atoms with E-state index in [9.17, 15) is 18.0 Å². The molecule has 0 heterocycles. The summed E-state index contributed by atoms with van der Waals surface area (Å²) in [7, 11) is 4.82. The van der Waals surface area contributed by atoms with Gasteiger partial charge in [-0.2, -0.15) is 13.2 Å². The number of likely N-dealkylation sites (N-methyl/N-ethyl adjacent to an activating group) is 1. The standard InChI is InChI=1S/C19H21F3N2O3/c1-24(11-13-7-8-16(26-2)17(9-13)27-3)12-18(25)23-15-6-4-5-14(10-15)19(20,21)22/h4-10H,11-12H2,1-3H3,(H,23,25). The molecular formula is C19H21F3N2O3. The van der Waals surface area contributed by atoms with Crippen molar-refractivity contribution in [1.82, 2.24) is 4.90 Å². The molecule has 0 aliphatic carbocycles. The third-order valence-corrected chi connectivity index (χ3v) is 3.79. The van der Waals surface area contributed by atoms with Gasteiger partial charge in [-0.15, -0.1) is 0 Å². The van der Waals surface area contributed by atoms with Gasteiger partial charge in [-0.1, -0.05) is 12.1 Å². The summed E-state index contributed by atoms with van der Waals surface area (Å²) >= 11 is 0. The van der Waals surface area contributed by atoms with Crippen LogP contribution in [-0.4, -0.2) is 38.6 Å². The second-order valence-corrected chi connectivity index (χ2v) is 5.99. The van der Waals surface area contributed by atoms with Crippen molar-refractivity contribution in [2.75, 3.05) is 33.1 Å². The number of amides is 1. The predicted molar refractivity (Wildman–Crippen MR) is 96.0 cm³/mol. The van der Waals surface area contributed by atoms with E-state index in [1.807, 2.05) is 6.07 Å². The SMILES string of the molecule is COc1ccc(CN(C)CC(=O)Nc2cccc(C(F)(F)F)c2)cc1OC. The highest BCUT2D eigenvalue weighted by Gasteiger charge is 2.30. The van der Waals surface area contributed by atoms with E-state index < -0.39 is 17.6 Å². The van der Waals surface area contributed by atoms with Crippen LogP contribution < -0.4 is 14.8 Å². The van der Waals surface area contributed by atoms with Gasteiger partial charge in [0, 0.05) is 12.2 Å². The van der Waals surface area contributed by atoms with Crippen molar-refractivity contribution in [3.8, 4) is 11.5 Å². The first-order valence-electron chi connectivity index (χ1n) is 8.09. The van der Waals surface area contributed by atoms with Gasteiger partial charge in [0.15, 0.2) is 11.5 Å². The smallest absolute Gasteiger partial charge is 0.416 e. The van der Waals surface area contributed by atoms with E-state index in [1.54, 1.807) is 31.2 Å². The lowest BCUT2D eigenvalue weighted by Crippen LogP contribution is -2.29. The van der Waals surface area contributed by atoms with E-state index in [-0.39, 0.29) is 12.2 Å². The fraction of sp³-hybridized carbons (Fsp3) is 0.316. The normalized spacial score (nSPS) is 11.4. The lowest BCUT2D eigenvalue weighted by atomic mass is 10.2. The Balaban J connectivity index is 1.96. The molecule has 1 amide bonds. The highest BCUT2D eigenvalue weighted by atomic mass is 19.4. The number of methoxy groups -OCH3 is 2. The van der Waals surface area contributed by atoms with Gasteiger partial charge in [0.05, 0.1) is 26.3 Å². The van der Waals surface area contributed by atoms with Gasteiger partial charge in [0.1, 0.15) is 0 Å². The van der Waals surface area contributed by atoms with E-state index >= 15 is 0 Å². The van der Waals surface area contributed by atoms with Gasteiger partial charge >= 0.3 is 6.18 Å². The minimum Gasteiger partial charge on any atom is -0.493 e. The number of hydrogen-bond donors (Lipinski definition) is 1. The molecule has 0 radical (unpaired) electrons. The van der Waals surface area contributed by atoms with Crippen molar-refractivity contribution in [2.45, 2.75) is 12.7 Å². The largest absolute Gasteiger partial charge is 0.493 e. The molecule has 27 heavy (non-hydrogen) atoms. The first kappa shape index (κ1) is 20.6. The Bertz CT molecular complexity index is 794. The molecule has 0 fully saturated rings. The zero-order valence-corrected chi connectivity index (χ0v) is 15.3. The highest BCUT2D eigenvalue weighted by Crippen LogP contribution is 2.30. The molecule has 0 aliphatic heterocycles. The molecule has 2 rings (SSSR count). The van der Waals surface area contributed by atoms with Gasteiger partial charge in [0.2, 0.25) is 5.91 Å². The fourth-order valence-corrected chi connectivity index (χ4v) is 2.57. The molecule has 2 aromatic carbocycles. The van der Waals surface area contributed by atoms with Crippen LogP contribution in [0, 0.1) is 0 Å². The molecule has 0 atom stereocenters. The van der Waals surface area contributed by atoms with Crippen LogP contribution in [0.2, 0.25) is 0 Å². The van der Waals surface area contributed by atoms with Crippen LogP contribution in [0.25, 0.3) is 0 Å². The zero-order chi connectivity index (χ0) is 20.0. The number of halogens is 3. The maximum absolute atomic E-state index is 12.7. The third-order valence-electron chi connectivity index (χ3n) is 3.79. The van der Waals surface area contributed by atoms with Crippen molar-refractivity contribution in [1.29, 1.82) is 0 Å². The topological polar surface area (TPSA) is 50.8 Å². The Kier molecular flexibility index (Phi) is 6.68. The van der Waals surface area contributed by atoms with Gasteiger partial charge < -0.3 is 14.8 Å². The number of hydrogen-bond acceptors (Lipinski definition) is 4. The van der Waals surface area contributed by atoms with Crippen molar-refractivity contribution in [3.63, 3.8) is 0 Å². The van der Waals surface area contributed by atoms with Crippen molar-refractivity contribution in [2.24, 2.45) is 0 Å². The molecule has 8 heteroatoms. The molecular weight excluding hydrogens is 361 g/mol. The number of anilines is 1. The number of nitrogens with one attached hydrogen (secondary N) is 1.